The molecule has 0 bridgehead atoms. The van der Waals surface area contributed by atoms with Crippen molar-refractivity contribution in [1.29, 1.82) is 0 Å². The predicted molar refractivity (Wildman–Crippen MR) is 101 cm³/mol. The molecule has 0 aliphatic rings. The van der Waals surface area contributed by atoms with E-state index in [2.05, 4.69) is 15.6 Å². The molecule has 6 nitrogen and oxygen atoms in total. The van der Waals surface area contributed by atoms with E-state index in [9.17, 15) is 9.90 Å². The van der Waals surface area contributed by atoms with Crippen LogP contribution in [0.3, 0.4) is 0 Å². The average molecular weight is 348 g/mol. The largest absolute Gasteiger partial charge is 0.504 e. The van der Waals surface area contributed by atoms with Gasteiger partial charge in [0.15, 0.2) is 11.4 Å². The lowest BCUT2D eigenvalue weighted by Crippen LogP contribution is -2.19. The summed E-state index contributed by atoms with van der Waals surface area (Å²) < 4.78 is 1.60. The molecule has 0 spiro atoms. The highest BCUT2D eigenvalue weighted by Crippen LogP contribution is 2.32. The van der Waals surface area contributed by atoms with Crippen molar-refractivity contribution in [2.45, 2.75) is 13.8 Å². The third kappa shape index (κ3) is 3.49. The smallest absolute Gasteiger partial charge is 0.271 e. The molecule has 6 heteroatoms. The Labute approximate surface area is 151 Å². The number of amides is 1. The molecule has 1 heterocycles. The monoisotopic (exact) mass is 348 g/mol. The summed E-state index contributed by atoms with van der Waals surface area (Å²) in [7, 11) is 1.76. The van der Waals surface area contributed by atoms with E-state index in [0.29, 0.717) is 22.7 Å². The number of aromatic hydroxyl groups is 1. The Morgan fingerprint density at radius 2 is 1.77 bits per heavy atom. The van der Waals surface area contributed by atoms with Crippen molar-refractivity contribution in [3.05, 3.63) is 71.4 Å². The predicted octanol–water partition coefficient (Wildman–Crippen LogP) is 3.26. The molecule has 0 saturated heterocycles. The van der Waals surface area contributed by atoms with Gasteiger partial charge in [0.2, 0.25) is 0 Å². The van der Waals surface area contributed by atoms with Gasteiger partial charge in [0, 0.05) is 18.2 Å². The van der Waals surface area contributed by atoms with Crippen LogP contribution in [-0.4, -0.2) is 26.5 Å². The Bertz CT molecular complexity index is 957. The molecule has 3 rings (SSSR count). The molecule has 2 N–H and O–H groups in total. The Hall–Kier alpha value is -3.41. The van der Waals surface area contributed by atoms with E-state index < -0.39 is 0 Å². The number of nitrogens with one attached hydrogen (secondary N) is 1. The van der Waals surface area contributed by atoms with Gasteiger partial charge in [0.25, 0.3) is 5.91 Å². The summed E-state index contributed by atoms with van der Waals surface area (Å²) in [5.41, 5.74) is 6.34. The molecule has 0 saturated carbocycles. The molecule has 26 heavy (non-hydrogen) atoms. The fourth-order valence-electron chi connectivity index (χ4n) is 2.63. The molecular formula is C20H20N4O2. The maximum atomic E-state index is 12.1. The van der Waals surface area contributed by atoms with Gasteiger partial charge in [-0.1, -0.05) is 48.0 Å². The second kappa shape index (κ2) is 7.23. The van der Waals surface area contributed by atoms with Gasteiger partial charge in [-0.2, -0.15) is 10.2 Å². The zero-order valence-electron chi connectivity index (χ0n) is 14.9. The van der Waals surface area contributed by atoms with Gasteiger partial charge in [-0.15, -0.1) is 0 Å². The van der Waals surface area contributed by atoms with Gasteiger partial charge >= 0.3 is 0 Å². The van der Waals surface area contributed by atoms with E-state index >= 15 is 0 Å². The van der Waals surface area contributed by atoms with Crippen LogP contribution in [0.4, 0.5) is 0 Å². The maximum absolute atomic E-state index is 12.1. The third-order valence-corrected chi connectivity index (χ3v) is 4.05. The lowest BCUT2D eigenvalue weighted by atomic mass is 10.1. The van der Waals surface area contributed by atoms with Gasteiger partial charge in [0.05, 0.1) is 5.71 Å². The number of nitrogens with zero attached hydrogens (tertiary/aromatic N) is 3. The highest BCUT2D eigenvalue weighted by atomic mass is 16.3. The zero-order valence-corrected chi connectivity index (χ0v) is 14.9. The molecule has 1 aromatic heterocycles. The lowest BCUT2D eigenvalue weighted by Gasteiger charge is -2.03. The van der Waals surface area contributed by atoms with E-state index in [0.717, 1.165) is 11.1 Å². The van der Waals surface area contributed by atoms with Gasteiger partial charge in [-0.25, -0.2) is 5.43 Å². The Morgan fingerprint density at radius 3 is 2.42 bits per heavy atom. The van der Waals surface area contributed by atoms with Crippen molar-refractivity contribution >= 4 is 11.6 Å². The molecule has 2 aromatic carbocycles. The molecule has 0 aliphatic carbocycles. The standard InChI is InChI=1S/C20H20N4O2/c1-13-9-11-15(12-10-13)18-19(25)17(23-24(18)3)14(2)21-22-20(26)16-7-5-4-6-8-16/h4-12,25H,1-3H3,(H,22,26)/b21-14+. The fourth-order valence-corrected chi connectivity index (χ4v) is 2.63. The number of benzene rings is 2. The number of carbonyl (C=O) groups excluding carboxylic acids is 1. The fraction of sp³-hybridized carbons (Fsp3) is 0.150. The first-order valence-electron chi connectivity index (χ1n) is 8.20. The first-order valence-corrected chi connectivity index (χ1v) is 8.20. The van der Waals surface area contributed by atoms with E-state index in [-0.39, 0.29) is 11.7 Å². The van der Waals surface area contributed by atoms with Crippen molar-refractivity contribution in [1.82, 2.24) is 15.2 Å². The Balaban J connectivity index is 1.86. The number of aromatic nitrogens is 2. The van der Waals surface area contributed by atoms with Crippen LogP contribution < -0.4 is 5.43 Å². The molecule has 0 aliphatic heterocycles. The lowest BCUT2D eigenvalue weighted by molar-refractivity contribution is 0.0955. The number of hydrazone groups is 1. The summed E-state index contributed by atoms with van der Waals surface area (Å²) >= 11 is 0. The van der Waals surface area contributed by atoms with Crippen LogP contribution in [-0.2, 0) is 7.05 Å². The topological polar surface area (TPSA) is 79.5 Å². The van der Waals surface area contributed by atoms with Crippen molar-refractivity contribution in [3.8, 4) is 17.0 Å². The van der Waals surface area contributed by atoms with E-state index in [1.165, 1.54) is 0 Å². The highest BCUT2D eigenvalue weighted by molar-refractivity contribution is 6.02. The summed E-state index contributed by atoms with van der Waals surface area (Å²) in [5.74, 6) is -0.286. The SMILES string of the molecule is C/C(=N\NC(=O)c1ccccc1)c1nn(C)c(-c2ccc(C)cc2)c1O. The van der Waals surface area contributed by atoms with Crippen LogP contribution in [0.5, 0.6) is 5.75 Å². The minimum Gasteiger partial charge on any atom is -0.504 e. The van der Waals surface area contributed by atoms with Gasteiger partial charge in [-0.3, -0.25) is 9.48 Å². The summed E-state index contributed by atoms with van der Waals surface area (Å²) in [4.78, 5) is 12.1. The molecule has 0 radical (unpaired) electrons. The number of rotatable bonds is 4. The van der Waals surface area contributed by atoms with Gasteiger partial charge in [-0.05, 0) is 26.0 Å². The van der Waals surface area contributed by atoms with Crippen LogP contribution in [0, 0.1) is 6.92 Å². The number of hydrogen-bond acceptors (Lipinski definition) is 4. The minimum atomic E-state index is -0.320. The maximum Gasteiger partial charge on any atom is 0.271 e. The zero-order chi connectivity index (χ0) is 18.7. The van der Waals surface area contributed by atoms with Crippen molar-refractivity contribution in [2.75, 3.05) is 0 Å². The second-order valence-corrected chi connectivity index (χ2v) is 6.04. The molecular weight excluding hydrogens is 328 g/mol. The van der Waals surface area contributed by atoms with Crippen molar-refractivity contribution in [3.63, 3.8) is 0 Å². The number of hydrogen-bond donors (Lipinski definition) is 2. The quantitative estimate of drug-likeness (QED) is 0.561. The summed E-state index contributed by atoms with van der Waals surface area (Å²) in [5, 5.41) is 19.0. The van der Waals surface area contributed by atoms with Crippen LogP contribution in [0.2, 0.25) is 0 Å². The molecule has 0 unspecified atom stereocenters. The third-order valence-electron chi connectivity index (χ3n) is 4.05. The normalized spacial score (nSPS) is 11.4. The summed E-state index contributed by atoms with van der Waals surface area (Å²) in [6.07, 6.45) is 0. The molecule has 0 atom stereocenters. The van der Waals surface area contributed by atoms with E-state index in [1.807, 2.05) is 37.3 Å². The molecule has 132 valence electrons. The molecule has 3 aromatic rings. The van der Waals surface area contributed by atoms with Gasteiger partial charge < -0.3 is 5.11 Å². The van der Waals surface area contributed by atoms with Crippen molar-refractivity contribution < 1.29 is 9.90 Å². The number of carbonyl (C=O) groups is 1. The minimum absolute atomic E-state index is 0.0339. The van der Waals surface area contributed by atoms with E-state index in [1.54, 1.807) is 42.9 Å². The molecule has 0 fully saturated rings. The van der Waals surface area contributed by atoms with Gasteiger partial charge in [0.1, 0.15) is 5.69 Å². The average Bonchev–Trinajstić information content (AvgIpc) is 2.95. The summed E-state index contributed by atoms with van der Waals surface area (Å²) in [6, 6.07) is 16.6. The first kappa shape index (κ1) is 17.4. The highest BCUT2D eigenvalue weighted by Gasteiger charge is 2.19. The summed E-state index contributed by atoms with van der Waals surface area (Å²) in [6.45, 7) is 3.69. The Morgan fingerprint density at radius 1 is 1.12 bits per heavy atom. The Kier molecular flexibility index (Phi) is 4.84. The first-order chi connectivity index (χ1) is 12.5. The van der Waals surface area contributed by atoms with Crippen LogP contribution >= 0.6 is 0 Å². The van der Waals surface area contributed by atoms with Crippen molar-refractivity contribution in [2.24, 2.45) is 12.1 Å². The number of aryl methyl sites for hydroxylation is 2. The van der Waals surface area contributed by atoms with E-state index in [4.69, 9.17) is 0 Å². The van der Waals surface area contributed by atoms with Crippen LogP contribution in [0.1, 0.15) is 28.5 Å². The van der Waals surface area contributed by atoms with Crippen LogP contribution in [0.25, 0.3) is 11.3 Å². The van der Waals surface area contributed by atoms with Crippen LogP contribution in [0.15, 0.2) is 59.7 Å². The molecule has 1 amide bonds. The second-order valence-electron chi connectivity index (χ2n) is 6.04.